The normalized spacial score (nSPS) is 23.8. The molecule has 27 heavy (non-hydrogen) atoms. The Labute approximate surface area is 161 Å². The van der Waals surface area contributed by atoms with Crippen molar-refractivity contribution in [1.82, 2.24) is 4.90 Å². The highest BCUT2D eigenvalue weighted by atomic mass is 32.2. The first-order chi connectivity index (χ1) is 12.8. The number of methoxy groups -OCH3 is 1. The summed E-state index contributed by atoms with van der Waals surface area (Å²) in [6, 6.07) is 7.72. The van der Waals surface area contributed by atoms with Gasteiger partial charge in [0.15, 0.2) is 15.9 Å². The molecule has 0 aliphatic carbocycles. The van der Waals surface area contributed by atoms with Gasteiger partial charge in [-0.15, -0.1) is 0 Å². The van der Waals surface area contributed by atoms with Crippen LogP contribution in [0.25, 0.3) is 0 Å². The first-order valence-corrected chi connectivity index (χ1v) is 11.3. The molecule has 2 atom stereocenters. The fourth-order valence-corrected chi connectivity index (χ4v) is 5.79. The van der Waals surface area contributed by atoms with E-state index in [0.29, 0.717) is 6.42 Å². The maximum atomic E-state index is 12.8. The molecular formula is C19H30N3O4S+. The molecule has 2 aliphatic rings. The molecule has 1 aromatic carbocycles. The SMILES string of the molecule is COc1ccc(N2CC[NH+]([C@H](C)C(=O)N(C)[C@H]3CCS(=O)(=O)C3)CC2)cc1. The summed E-state index contributed by atoms with van der Waals surface area (Å²) in [5.74, 6) is 1.18. The van der Waals surface area contributed by atoms with E-state index >= 15 is 0 Å². The molecule has 0 spiro atoms. The monoisotopic (exact) mass is 396 g/mol. The number of ether oxygens (including phenoxy) is 1. The Morgan fingerprint density at radius 1 is 1.26 bits per heavy atom. The molecule has 8 heteroatoms. The Hall–Kier alpha value is -1.80. The number of rotatable bonds is 5. The van der Waals surface area contributed by atoms with Gasteiger partial charge >= 0.3 is 0 Å². The van der Waals surface area contributed by atoms with E-state index < -0.39 is 9.84 Å². The third kappa shape index (κ3) is 4.55. The van der Waals surface area contributed by atoms with E-state index in [0.717, 1.165) is 31.9 Å². The lowest BCUT2D eigenvalue weighted by Crippen LogP contribution is -3.19. The van der Waals surface area contributed by atoms with Gasteiger partial charge in [0.25, 0.3) is 5.91 Å². The number of carbonyl (C=O) groups excluding carboxylic acids is 1. The number of piperazine rings is 1. The van der Waals surface area contributed by atoms with Crippen LogP contribution in [0, 0.1) is 0 Å². The largest absolute Gasteiger partial charge is 0.497 e. The molecule has 2 saturated heterocycles. The number of anilines is 1. The van der Waals surface area contributed by atoms with E-state index in [1.165, 1.54) is 10.6 Å². The van der Waals surface area contributed by atoms with Crippen LogP contribution in [0.1, 0.15) is 13.3 Å². The van der Waals surface area contributed by atoms with Crippen molar-refractivity contribution in [3.05, 3.63) is 24.3 Å². The minimum Gasteiger partial charge on any atom is -0.497 e. The van der Waals surface area contributed by atoms with Gasteiger partial charge in [-0.2, -0.15) is 0 Å². The zero-order valence-electron chi connectivity index (χ0n) is 16.3. The molecular weight excluding hydrogens is 366 g/mol. The molecule has 0 bridgehead atoms. The minimum atomic E-state index is -2.98. The topological polar surface area (TPSA) is 71.4 Å². The van der Waals surface area contributed by atoms with Crippen LogP contribution in [-0.4, -0.2) is 83.2 Å². The molecule has 0 saturated carbocycles. The Morgan fingerprint density at radius 3 is 2.41 bits per heavy atom. The van der Waals surface area contributed by atoms with Gasteiger partial charge in [0.1, 0.15) is 5.75 Å². The number of nitrogens with zero attached hydrogens (tertiary/aromatic N) is 2. The molecule has 0 radical (unpaired) electrons. The highest BCUT2D eigenvalue weighted by Crippen LogP contribution is 2.19. The number of likely N-dealkylation sites (N-methyl/N-ethyl adjacent to an activating group) is 1. The number of amides is 1. The smallest absolute Gasteiger partial charge is 0.280 e. The highest BCUT2D eigenvalue weighted by Gasteiger charge is 2.37. The lowest BCUT2D eigenvalue weighted by atomic mass is 10.1. The Bertz CT molecular complexity index is 758. The fourth-order valence-electron chi connectivity index (χ4n) is 4.02. The summed E-state index contributed by atoms with van der Waals surface area (Å²) < 4.78 is 28.6. The van der Waals surface area contributed by atoms with Crippen molar-refractivity contribution >= 4 is 21.4 Å². The van der Waals surface area contributed by atoms with Gasteiger partial charge in [0.05, 0.1) is 44.8 Å². The summed E-state index contributed by atoms with van der Waals surface area (Å²) in [6.45, 7) is 5.51. The first kappa shape index (κ1) is 19.9. The van der Waals surface area contributed by atoms with Crippen LogP contribution in [-0.2, 0) is 14.6 Å². The van der Waals surface area contributed by atoms with Crippen molar-refractivity contribution in [2.75, 3.05) is 56.7 Å². The standard InChI is InChI=1S/C19H29N3O4S/c1-15(19(23)20(2)17-8-13-27(24,25)14-17)21-9-11-22(12-10-21)16-4-6-18(26-3)7-5-16/h4-7,15,17H,8-14H2,1-3H3/p+1/t15-,17+/m1/s1. The van der Waals surface area contributed by atoms with Gasteiger partial charge in [0.2, 0.25) is 0 Å². The molecule has 7 nitrogen and oxygen atoms in total. The van der Waals surface area contributed by atoms with E-state index in [2.05, 4.69) is 17.0 Å². The van der Waals surface area contributed by atoms with Crippen LogP contribution in [0.15, 0.2) is 24.3 Å². The van der Waals surface area contributed by atoms with E-state index in [4.69, 9.17) is 4.74 Å². The molecule has 0 aromatic heterocycles. The zero-order chi connectivity index (χ0) is 19.6. The van der Waals surface area contributed by atoms with Crippen LogP contribution in [0.3, 0.4) is 0 Å². The molecule has 1 N–H and O–H groups in total. The molecule has 150 valence electrons. The highest BCUT2D eigenvalue weighted by molar-refractivity contribution is 7.91. The van der Waals surface area contributed by atoms with Gasteiger partial charge in [-0.1, -0.05) is 0 Å². The fraction of sp³-hybridized carbons (Fsp3) is 0.632. The summed E-state index contributed by atoms with van der Waals surface area (Å²) in [5.41, 5.74) is 1.17. The van der Waals surface area contributed by atoms with Gasteiger partial charge < -0.3 is 19.4 Å². The lowest BCUT2D eigenvalue weighted by Gasteiger charge is -2.37. The number of hydrogen-bond donors (Lipinski definition) is 1. The number of sulfone groups is 1. The maximum Gasteiger partial charge on any atom is 0.280 e. The van der Waals surface area contributed by atoms with E-state index in [-0.39, 0.29) is 29.5 Å². The van der Waals surface area contributed by atoms with Crippen molar-refractivity contribution < 1.29 is 22.8 Å². The van der Waals surface area contributed by atoms with E-state index in [1.54, 1.807) is 19.1 Å². The Kier molecular flexibility index (Phi) is 5.95. The van der Waals surface area contributed by atoms with Crippen molar-refractivity contribution in [2.45, 2.75) is 25.4 Å². The van der Waals surface area contributed by atoms with Crippen molar-refractivity contribution in [1.29, 1.82) is 0 Å². The van der Waals surface area contributed by atoms with Crippen LogP contribution >= 0.6 is 0 Å². The first-order valence-electron chi connectivity index (χ1n) is 9.51. The third-order valence-electron chi connectivity index (χ3n) is 5.93. The van der Waals surface area contributed by atoms with E-state index in [1.807, 2.05) is 19.1 Å². The molecule has 2 fully saturated rings. The average molecular weight is 397 g/mol. The molecule has 1 amide bonds. The third-order valence-corrected chi connectivity index (χ3v) is 7.68. The number of quaternary nitrogens is 1. The zero-order valence-corrected chi connectivity index (χ0v) is 17.2. The number of nitrogens with one attached hydrogen (secondary N) is 1. The van der Waals surface area contributed by atoms with Crippen LogP contribution in [0.5, 0.6) is 5.75 Å². The second kappa shape index (κ2) is 8.06. The Balaban J connectivity index is 1.54. The van der Waals surface area contributed by atoms with Gasteiger partial charge in [-0.3, -0.25) is 4.79 Å². The van der Waals surface area contributed by atoms with E-state index in [9.17, 15) is 13.2 Å². The van der Waals surface area contributed by atoms with Gasteiger partial charge in [0, 0.05) is 18.8 Å². The predicted molar refractivity (Wildman–Crippen MR) is 105 cm³/mol. The lowest BCUT2D eigenvalue weighted by molar-refractivity contribution is -0.915. The molecule has 2 heterocycles. The molecule has 3 rings (SSSR count). The minimum absolute atomic E-state index is 0.0463. The second-order valence-corrected chi connectivity index (χ2v) is 9.80. The summed E-state index contributed by atoms with van der Waals surface area (Å²) in [7, 11) is 0.424. The van der Waals surface area contributed by atoms with Gasteiger partial charge in [-0.25, -0.2) is 8.42 Å². The predicted octanol–water partition coefficient (Wildman–Crippen LogP) is -0.566. The Morgan fingerprint density at radius 2 is 1.89 bits per heavy atom. The molecule has 1 aromatic rings. The quantitative estimate of drug-likeness (QED) is 0.722. The van der Waals surface area contributed by atoms with Crippen molar-refractivity contribution in [3.8, 4) is 5.75 Å². The van der Waals surface area contributed by atoms with Crippen LogP contribution < -0.4 is 14.5 Å². The van der Waals surface area contributed by atoms with Gasteiger partial charge in [-0.05, 0) is 37.6 Å². The number of hydrogen-bond acceptors (Lipinski definition) is 5. The van der Waals surface area contributed by atoms with Crippen LogP contribution in [0.2, 0.25) is 0 Å². The van der Waals surface area contributed by atoms with Crippen molar-refractivity contribution in [3.63, 3.8) is 0 Å². The summed E-state index contributed by atoms with van der Waals surface area (Å²) >= 11 is 0. The number of benzene rings is 1. The number of carbonyl (C=O) groups is 1. The average Bonchev–Trinajstić information content (AvgIpc) is 3.06. The molecule has 2 aliphatic heterocycles. The summed E-state index contributed by atoms with van der Waals surface area (Å²) in [5, 5.41) is 0. The van der Waals surface area contributed by atoms with Crippen LogP contribution in [0.4, 0.5) is 5.69 Å². The summed E-state index contributed by atoms with van der Waals surface area (Å²) in [4.78, 5) is 18.1. The molecule has 0 unspecified atom stereocenters. The van der Waals surface area contributed by atoms with Crippen molar-refractivity contribution in [2.24, 2.45) is 0 Å². The maximum absolute atomic E-state index is 12.8. The summed E-state index contributed by atoms with van der Waals surface area (Å²) in [6.07, 6.45) is 0.553. The second-order valence-electron chi connectivity index (χ2n) is 7.57.